The molecular weight excluding hydrogens is 258 g/mol. The summed E-state index contributed by atoms with van der Waals surface area (Å²) in [4.78, 5) is 16.9. The summed E-state index contributed by atoms with van der Waals surface area (Å²) in [5.41, 5.74) is 5.07. The lowest BCUT2D eigenvalue weighted by Gasteiger charge is -2.08. The van der Waals surface area contributed by atoms with Gasteiger partial charge in [0.05, 0.1) is 5.52 Å². The van der Waals surface area contributed by atoms with Crippen molar-refractivity contribution in [1.29, 1.82) is 0 Å². The Morgan fingerprint density at radius 2 is 1.95 bits per heavy atom. The third-order valence-corrected chi connectivity index (χ3v) is 4.27. The summed E-state index contributed by atoms with van der Waals surface area (Å²) >= 11 is 0. The average Bonchev–Trinajstić information content (AvgIpc) is 2.82. The van der Waals surface area contributed by atoms with Gasteiger partial charge < -0.3 is 0 Å². The quantitative estimate of drug-likeness (QED) is 0.662. The molecule has 0 fully saturated rings. The number of carbonyl (C=O) groups excluding carboxylic acids is 1. The number of para-hydroxylation sites is 1. The van der Waals surface area contributed by atoms with Gasteiger partial charge in [-0.3, -0.25) is 9.78 Å². The van der Waals surface area contributed by atoms with E-state index < -0.39 is 0 Å². The molecule has 1 heterocycles. The SMILES string of the molecule is CC1Cc2cccc(-c3cnc4ccccc4c3)c2C1=O. The maximum absolute atomic E-state index is 12.4. The number of benzene rings is 2. The Labute approximate surface area is 123 Å². The van der Waals surface area contributed by atoms with Crippen molar-refractivity contribution in [3.8, 4) is 11.1 Å². The largest absolute Gasteiger partial charge is 0.294 e. The molecular formula is C19H15NO. The van der Waals surface area contributed by atoms with Gasteiger partial charge in [-0.25, -0.2) is 0 Å². The molecule has 1 aliphatic carbocycles. The number of pyridine rings is 1. The second kappa shape index (κ2) is 4.52. The van der Waals surface area contributed by atoms with Gasteiger partial charge in [-0.15, -0.1) is 0 Å². The maximum Gasteiger partial charge on any atom is 0.166 e. The number of Topliss-reactive ketones (excluding diaryl/α,β-unsaturated/α-hetero) is 1. The third kappa shape index (κ3) is 1.87. The van der Waals surface area contributed by atoms with E-state index in [0.717, 1.165) is 39.6 Å². The summed E-state index contributed by atoms with van der Waals surface area (Å²) in [6, 6.07) is 16.3. The maximum atomic E-state index is 12.4. The van der Waals surface area contributed by atoms with Crippen LogP contribution in [0.4, 0.5) is 0 Å². The van der Waals surface area contributed by atoms with Crippen molar-refractivity contribution in [3.05, 3.63) is 65.9 Å². The van der Waals surface area contributed by atoms with Crippen molar-refractivity contribution in [2.24, 2.45) is 5.92 Å². The first-order chi connectivity index (χ1) is 10.2. The van der Waals surface area contributed by atoms with Gasteiger partial charge in [-0.05, 0) is 29.7 Å². The van der Waals surface area contributed by atoms with Crippen LogP contribution in [0.15, 0.2) is 54.7 Å². The van der Waals surface area contributed by atoms with Crippen molar-refractivity contribution in [1.82, 2.24) is 4.98 Å². The van der Waals surface area contributed by atoms with E-state index >= 15 is 0 Å². The van der Waals surface area contributed by atoms with Crippen LogP contribution in [-0.4, -0.2) is 10.8 Å². The molecule has 0 N–H and O–H groups in total. The molecule has 0 amide bonds. The summed E-state index contributed by atoms with van der Waals surface area (Å²) in [5.74, 6) is 0.350. The van der Waals surface area contributed by atoms with Crippen molar-refractivity contribution in [2.75, 3.05) is 0 Å². The molecule has 2 heteroatoms. The Morgan fingerprint density at radius 3 is 2.86 bits per heavy atom. The molecule has 0 bridgehead atoms. The molecule has 2 aromatic carbocycles. The van der Waals surface area contributed by atoms with Crippen molar-refractivity contribution in [3.63, 3.8) is 0 Å². The molecule has 1 aliphatic rings. The normalized spacial score (nSPS) is 17.2. The van der Waals surface area contributed by atoms with E-state index in [1.165, 1.54) is 0 Å². The average molecular weight is 273 g/mol. The fourth-order valence-electron chi connectivity index (χ4n) is 3.19. The van der Waals surface area contributed by atoms with E-state index in [9.17, 15) is 4.79 Å². The molecule has 4 rings (SSSR count). The number of hydrogen-bond acceptors (Lipinski definition) is 2. The zero-order valence-electron chi connectivity index (χ0n) is 11.8. The van der Waals surface area contributed by atoms with Crippen LogP contribution >= 0.6 is 0 Å². The highest BCUT2D eigenvalue weighted by molar-refractivity contribution is 6.07. The molecule has 0 radical (unpaired) electrons. The molecule has 1 unspecified atom stereocenters. The summed E-state index contributed by atoms with van der Waals surface area (Å²) in [6.45, 7) is 2.00. The minimum atomic E-state index is 0.0922. The number of fused-ring (bicyclic) bond motifs is 2. The molecule has 102 valence electrons. The Bertz CT molecular complexity index is 866. The van der Waals surface area contributed by atoms with E-state index in [-0.39, 0.29) is 11.7 Å². The summed E-state index contributed by atoms with van der Waals surface area (Å²) in [7, 11) is 0. The number of ketones is 1. The van der Waals surface area contributed by atoms with Gasteiger partial charge in [-0.2, -0.15) is 0 Å². The second-order valence-corrected chi connectivity index (χ2v) is 5.73. The minimum Gasteiger partial charge on any atom is -0.294 e. The van der Waals surface area contributed by atoms with Crippen LogP contribution in [0.1, 0.15) is 22.8 Å². The van der Waals surface area contributed by atoms with E-state index in [2.05, 4.69) is 23.2 Å². The standard InChI is InChI=1S/C19H15NO/c1-12-9-14-6-4-7-16(18(14)19(12)21)15-10-13-5-2-3-8-17(13)20-11-15/h2-8,10-12H,9H2,1H3. The molecule has 0 aliphatic heterocycles. The number of carbonyl (C=O) groups is 1. The predicted octanol–water partition coefficient (Wildman–Crippen LogP) is 4.28. The van der Waals surface area contributed by atoms with Gasteiger partial charge in [-0.1, -0.05) is 43.3 Å². The van der Waals surface area contributed by atoms with Gasteiger partial charge >= 0.3 is 0 Å². The molecule has 1 aromatic heterocycles. The Balaban J connectivity index is 1.94. The zero-order chi connectivity index (χ0) is 14.4. The summed E-state index contributed by atoms with van der Waals surface area (Å²) in [5, 5.41) is 1.10. The van der Waals surface area contributed by atoms with Crippen LogP contribution in [-0.2, 0) is 6.42 Å². The monoisotopic (exact) mass is 273 g/mol. The Kier molecular flexibility index (Phi) is 2.64. The second-order valence-electron chi connectivity index (χ2n) is 5.73. The van der Waals surface area contributed by atoms with Crippen LogP contribution in [0, 0.1) is 5.92 Å². The molecule has 1 atom stereocenters. The lowest BCUT2D eigenvalue weighted by atomic mass is 9.96. The first-order valence-corrected chi connectivity index (χ1v) is 7.25. The van der Waals surface area contributed by atoms with Gasteiger partial charge in [0.2, 0.25) is 0 Å². The first kappa shape index (κ1) is 12.3. The lowest BCUT2D eigenvalue weighted by molar-refractivity contribution is 0.0947. The highest BCUT2D eigenvalue weighted by atomic mass is 16.1. The van der Waals surface area contributed by atoms with Gasteiger partial charge in [0, 0.05) is 28.6 Å². The third-order valence-electron chi connectivity index (χ3n) is 4.27. The molecule has 21 heavy (non-hydrogen) atoms. The van der Waals surface area contributed by atoms with Crippen LogP contribution in [0.25, 0.3) is 22.0 Å². The number of nitrogens with zero attached hydrogens (tertiary/aromatic N) is 1. The Hall–Kier alpha value is -2.48. The van der Waals surface area contributed by atoms with E-state index in [0.29, 0.717) is 0 Å². The van der Waals surface area contributed by atoms with Gasteiger partial charge in [0.1, 0.15) is 0 Å². The number of rotatable bonds is 1. The van der Waals surface area contributed by atoms with Crippen molar-refractivity contribution >= 4 is 16.7 Å². The fourth-order valence-corrected chi connectivity index (χ4v) is 3.19. The zero-order valence-corrected chi connectivity index (χ0v) is 11.8. The van der Waals surface area contributed by atoms with Gasteiger partial charge in [0.25, 0.3) is 0 Å². The van der Waals surface area contributed by atoms with Crippen LogP contribution in [0.5, 0.6) is 0 Å². The number of aromatic nitrogens is 1. The molecule has 0 saturated carbocycles. The molecule has 2 nitrogen and oxygen atoms in total. The van der Waals surface area contributed by atoms with E-state index in [4.69, 9.17) is 0 Å². The predicted molar refractivity (Wildman–Crippen MR) is 84.4 cm³/mol. The van der Waals surface area contributed by atoms with E-state index in [1.54, 1.807) is 0 Å². The molecule has 0 saturated heterocycles. The van der Waals surface area contributed by atoms with Gasteiger partial charge in [0.15, 0.2) is 5.78 Å². The lowest BCUT2D eigenvalue weighted by Crippen LogP contribution is -2.04. The van der Waals surface area contributed by atoms with Crippen LogP contribution < -0.4 is 0 Å². The fraction of sp³-hybridized carbons (Fsp3) is 0.158. The van der Waals surface area contributed by atoms with Crippen LogP contribution in [0.2, 0.25) is 0 Å². The molecule has 3 aromatic rings. The van der Waals surface area contributed by atoms with Crippen molar-refractivity contribution < 1.29 is 4.79 Å². The Morgan fingerprint density at radius 1 is 1.10 bits per heavy atom. The summed E-state index contributed by atoms with van der Waals surface area (Å²) in [6.07, 6.45) is 2.72. The highest BCUT2D eigenvalue weighted by Crippen LogP contribution is 2.35. The van der Waals surface area contributed by atoms with Crippen molar-refractivity contribution in [2.45, 2.75) is 13.3 Å². The topological polar surface area (TPSA) is 30.0 Å². The molecule has 0 spiro atoms. The smallest absolute Gasteiger partial charge is 0.166 e. The first-order valence-electron chi connectivity index (χ1n) is 7.25. The summed E-state index contributed by atoms with van der Waals surface area (Å²) < 4.78 is 0. The highest BCUT2D eigenvalue weighted by Gasteiger charge is 2.29. The minimum absolute atomic E-state index is 0.0922. The number of hydrogen-bond donors (Lipinski definition) is 0. The van der Waals surface area contributed by atoms with E-state index in [1.807, 2.05) is 43.5 Å². The van der Waals surface area contributed by atoms with Crippen LogP contribution in [0.3, 0.4) is 0 Å².